The number of carbonyl (C=O) groups is 2. The molecule has 1 atom stereocenters. The van der Waals surface area contributed by atoms with Crippen molar-refractivity contribution in [2.24, 2.45) is 0 Å². The van der Waals surface area contributed by atoms with Crippen molar-refractivity contribution in [3.63, 3.8) is 0 Å². The third-order valence-electron chi connectivity index (χ3n) is 2.96. The zero-order valence-electron chi connectivity index (χ0n) is 13.2. The molecule has 126 valence electrons. The fourth-order valence-corrected chi connectivity index (χ4v) is 1.74. The van der Waals surface area contributed by atoms with Crippen molar-refractivity contribution in [2.75, 3.05) is 0 Å². The number of nitrogens with one attached hydrogen (secondary N) is 2. The Kier molecular flexibility index (Phi) is 5.73. The number of halogens is 1. The molecule has 2 rings (SSSR count). The summed E-state index contributed by atoms with van der Waals surface area (Å²) >= 11 is 0. The van der Waals surface area contributed by atoms with Crippen LogP contribution in [-0.2, 0) is 9.59 Å². The van der Waals surface area contributed by atoms with E-state index in [0.29, 0.717) is 11.5 Å². The van der Waals surface area contributed by atoms with Gasteiger partial charge < -0.3 is 9.15 Å². The van der Waals surface area contributed by atoms with E-state index < -0.39 is 23.7 Å². The molecule has 0 saturated carbocycles. The van der Waals surface area contributed by atoms with Gasteiger partial charge in [-0.1, -0.05) is 0 Å². The highest BCUT2D eigenvalue weighted by molar-refractivity contribution is 5.93. The lowest BCUT2D eigenvalue weighted by atomic mass is 10.3. The second-order valence-corrected chi connectivity index (χ2v) is 4.97. The number of hydrogen-bond acceptors (Lipinski definition) is 4. The number of benzene rings is 1. The van der Waals surface area contributed by atoms with Gasteiger partial charge in [-0.2, -0.15) is 0 Å². The van der Waals surface area contributed by atoms with Crippen LogP contribution in [0.25, 0.3) is 6.08 Å². The summed E-state index contributed by atoms with van der Waals surface area (Å²) in [6, 6.07) is 8.76. The van der Waals surface area contributed by atoms with Crippen LogP contribution in [0, 0.1) is 12.7 Å². The molecule has 2 aromatic rings. The molecule has 0 aliphatic carbocycles. The maximum absolute atomic E-state index is 12.8. The highest BCUT2D eigenvalue weighted by atomic mass is 19.1. The molecular formula is C17H17FN2O4. The summed E-state index contributed by atoms with van der Waals surface area (Å²) in [4.78, 5) is 23.4. The van der Waals surface area contributed by atoms with Crippen molar-refractivity contribution in [1.82, 2.24) is 10.9 Å². The molecule has 0 aliphatic rings. The lowest BCUT2D eigenvalue weighted by Crippen LogP contribution is -2.46. The molecular weight excluding hydrogens is 315 g/mol. The minimum Gasteiger partial charge on any atom is -0.481 e. The second-order valence-electron chi connectivity index (χ2n) is 4.97. The van der Waals surface area contributed by atoms with E-state index in [1.165, 1.54) is 43.3 Å². The van der Waals surface area contributed by atoms with Crippen LogP contribution < -0.4 is 15.6 Å². The first-order valence-corrected chi connectivity index (χ1v) is 7.20. The van der Waals surface area contributed by atoms with Crippen LogP contribution >= 0.6 is 0 Å². The summed E-state index contributed by atoms with van der Waals surface area (Å²) in [5.74, 6) is 0.141. The first-order valence-electron chi connectivity index (χ1n) is 7.20. The van der Waals surface area contributed by atoms with Crippen LogP contribution in [0.15, 0.2) is 46.9 Å². The first-order chi connectivity index (χ1) is 11.4. The highest BCUT2D eigenvalue weighted by Gasteiger charge is 2.14. The smallest absolute Gasteiger partial charge is 0.279 e. The number of amides is 2. The van der Waals surface area contributed by atoms with E-state index in [1.807, 2.05) is 0 Å². The number of ether oxygens (including phenoxy) is 1. The van der Waals surface area contributed by atoms with Crippen molar-refractivity contribution in [2.45, 2.75) is 20.0 Å². The molecule has 2 amide bonds. The Morgan fingerprint density at radius 1 is 1.17 bits per heavy atom. The average Bonchev–Trinajstić information content (AvgIpc) is 2.98. The summed E-state index contributed by atoms with van der Waals surface area (Å²) in [7, 11) is 0. The van der Waals surface area contributed by atoms with Gasteiger partial charge in [0.2, 0.25) is 0 Å². The lowest BCUT2D eigenvalue weighted by molar-refractivity contribution is -0.131. The fraction of sp³-hybridized carbons (Fsp3) is 0.176. The Morgan fingerprint density at radius 2 is 1.88 bits per heavy atom. The van der Waals surface area contributed by atoms with Gasteiger partial charge in [-0.05, 0) is 56.3 Å². The Labute approximate surface area is 138 Å². The molecule has 1 unspecified atom stereocenters. The van der Waals surface area contributed by atoms with E-state index in [4.69, 9.17) is 9.15 Å². The summed E-state index contributed by atoms with van der Waals surface area (Å²) in [5, 5.41) is 0. The van der Waals surface area contributed by atoms with Crippen molar-refractivity contribution in [3.05, 3.63) is 59.8 Å². The van der Waals surface area contributed by atoms with Gasteiger partial charge in [0, 0.05) is 6.08 Å². The zero-order chi connectivity index (χ0) is 17.5. The molecule has 1 aromatic heterocycles. The Bertz CT molecular complexity index is 737. The van der Waals surface area contributed by atoms with E-state index in [0.717, 1.165) is 5.76 Å². The largest absolute Gasteiger partial charge is 0.481 e. The zero-order valence-corrected chi connectivity index (χ0v) is 13.2. The van der Waals surface area contributed by atoms with E-state index in [9.17, 15) is 14.0 Å². The van der Waals surface area contributed by atoms with Gasteiger partial charge in [0.25, 0.3) is 11.8 Å². The SMILES string of the molecule is Cc1ccc(/C=C/C(=O)NNC(=O)C(C)Oc2ccc(F)cc2)o1. The molecule has 24 heavy (non-hydrogen) atoms. The molecule has 0 saturated heterocycles. The van der Waals surface area contributed by atoms with Gasteiger partial charge in [-0.3, -0.25) is 20.4 Å². The molecule has 7 heteroatoms. The Balaban J connectivity index is 1.78. The summed E-state index contributed by atoms with van der Waals surface area (Å²) in [5.41, 5.74) is 4.46. The highest BCUT2D eigenvalue weighted by Crippen LogP contribution is 2.13. The maximum Gasteiger partial charge on any atom is 0.279 e. The van der Waals surface area contributed by atoms with Gasteiger partial charge in [0.1, 0.15) is 23.1 Å². The monoisotopic (exact) mass is 332 g/mol. The van der Waals surface area contributed by atoms with E-state index >= 15 is 0 Å². The number of rotatable bonds is 5. The predicted molar refractivity (Wildman–Crippen MR) is 85.3 cm³/mol. The number of carbonyl (C=O) groups excluding carboxylic acids is 2. The van der Waals surface area contributed by atoms with Crippen molar-refractivity contribution < 1.29 is 23.1 Å². The number of furan rings is 1. The summed E-state index contributed by atoms with van der Waals surface area (Å²) < 4.78 is 23.4. The van der Waals surface area contributed by atoms with Crippen molar-refractivity contribution >= 4 is 17.9 Å². The number of hydrazine groups is 1. The van der Waals surface area contributed by atoms with Gasteiger partial charge in [0.05, 0.1) is 0 Å². The molecule has 1 aromatic carbocycles. The molecule has 0 fully saturated rings. The first kappa shape index (κ1) is 17.3. The van der Waals surface area contributed by atoms with Crippen LogP contribution in [-0.4, -0.2) is 17.9 Å². The molecule has 6 nitrogen and oxygen atoms in total. The predicted octanol–water partition coefficient (Wildman–Crippen LogP) is 2.36. The molecule has 0 spiro atoms. The Hall–Kier alpha value is -3.09. The topological polar surface area (TPSA) is 80.6 Å². The van der Waals surface area contributed by atoms with Crippen LogP contribution in [0.2, 0.25) is 0 Å². The number of aryl methyl sites for hydroxylation is 1. The minimum atomic E-state index is -0.868. The van der Waals surface area contributed by atoms with E-state index in [-0.39, 0.29) is 0 Å². The van der Waals surface area contributed by atoms with Gasteiger partial charge in [-0.25, -0.2) is 4.39 Å². The standard InChI is InChI=1S/C17H17FN2O4/c1-11-3-6-14(23-11)9-10-16(21)19-20-17(22)12(2)24-15-7-4-13(18)5-8-15/h3-10,12H,1-2H3,(H,19,21)(H,20,22)/b10-9+. The van der Waals surface area contributed by atoms with Crippen LogP contribution in [0.3, 0.4) is 0 Å². The van der Waals surface area contributed by atoms with Crippen molar-refractivity contribution in [1.29, 1.82) is 0 Å². The molecule has 1 heterocycles. The van der Waals surface area contributed by atoms with Gasteiger partial charge in [-0.15, -0.1) is 0 Å². The van der Waals surface area contributed by atoms with E-state index in [2.05, 4.69) is 10.9 Å². The normalized spacial score (nSPS) is 12.0. The third-order valence-corrected chi connectivity index (χ3v) is 2.96. The minimum absolute atomic E-state index is 0.346. The quantitative estimate of drug-likeness (QED) is 0.651. The van der Waals surface area contributed by atoms with Crippen molar-refractivity contribution in [3.8, 4) is 5.75 Å². The molecule has 0 radical (unpaired) electrons. The van der Waals surface area contributed by atoms with Gasteiger partial charge in [0.15, 0.2) is 6.10 Å². The summed E-state index contributed by atoms with van der Waals surface area (Å²) in [6.07, 6.45) is 1.84. The second kappa shape index (κ2) is 7.96. The molecule has 2 N–H and O–H groups in total. The van der Waals surface area contributed by atoms with Crippen LogP contribution in [0.4, 0.5) is 4.39 Å². The fourth-order valence-electron chi connectivity index (χ4n) is 1.74. The van der Waals surface area contributed by atoms with Crippen LogP contribution in [0.5, 0.6) is 5.75 Å². The van der Waals surface area contributed by atoms with E-state index in [1.54, 1.807) is 19.1 Å². The van der Waals surface area contributed by atoms with Crippen LogP contribution in [0.1, 0.15) is 18.4 Å². The lowest BCUT2D eigenvalue weighted by Gasteiger charge is -2.14. The molecule has 0 bridgehead atoms. The third kappa shape index (κ3) is 5.28. The number of hydrogen-bond donors (Lipinski definition) is 2. The summed E-state index contributed by atoms with van der Waals surface area (Å²) in [6.45, 7) is 3.30. The Morgan fingerprint density at radius 3 is 2.50 bits per heavy atom. The average molecular weight is 332 g/mol. The van der Waals surface area contributed by atoms with Gasteiger partial charge >= 0.3 is 0 Å². The maximum atomic E-state index is 12.8. The molecule has 0 aliphatic heterocycles.